The lowest BCUT2D eigenvalue weighted by Crippen LogP contribution is -2.50. The van der Waals surface area contributed by atoms with Crippen LogP contribution in [0.15, 0.2) is 48.5 Å². The van der Waals surface area contributed by atoms with Gasteiger partial charge in [0.15, 0.2) is 0 Å². The van der Waals surface area contributed by atoms with Gasteiger partial charge in [0.1, 0.15) is 0 Å². The Kier molecular flexibility index (Phi) is 6.79. The van der Waals surface area contributed by atoms with Crippen LogP contribution in [0.3, 0.4) is 0 Å². The normalized spacial score (nSPS) is 14.4. The van der Waals surface area contributed by atoms with Crippen LogP contribution < -0.4 is 0 Å². The molecule has 0 spiro atoms. The minimum atomic E-state index is 0.0452. The molecule has 0 atom stereocenters. The first-order chi connectivity index (χ1) is 13.5. The highest BCUT2D eigenvalue weighted by Gasteiger charge is 2.25. The van der Waals surface area contributed by atoms with Gasteiger partial charge < -0.3 is 9.80 Å². The second-order valence-electron chi connectivity index (χ2n) is 7.49. The van der Waals surface area contributed by atoms with Gasteiger partial charge in [0, 0.05) is 43.1 Å². The maximum Gasteiger partial charge on any atom is 0.253 e. The van der Waals surface area contributed by atoms with Gasteiger partial charge in [0.2, 0.25) is 0 Å². The fraction of sp³-hybridized carbons (Fsp3) is 0.391. The van der Waals surface area contributed by atoms with Crippen molar-refractivity contribution in [3.05, 3.63) is 70.8 Å². The van der Waals surface area contributed by atoms with Crippen molar-refractivity contribution in [3.8, 4) is 0 Å². The highest BCUT2D eigenvalue weighted by molar-refractivity contribution is 7.97. The Morgan fingerprint density at radius 3 is 1.64 bits per heavy atom. The lowest BCUT2D eigenvalue weighted by atomic mass is 10.0. The quantitative estimate of drug-likeness (QED) is 0.758. The van der Waals surface area contributed by atoms with Gasteiger partial charge in [-0.2, -0.15) is 11.8 Å². The van der Waals surface area contributed by atoms with E-state index < -0.39 is 0 Å². The summed E-state index contributed by atoms with van der Waals surface area (Å²) in [6.07, 6.45) is 2.07. The molecule has 1 aliphatic rings. The van der Waals surface area contributed by atoms with E-state index in [2.05, 4.69) is 20.1 Å². The largest absolute Gasteiger partial charge is 0.335 e. The van der Waals surface area contributed by atoms with Crippen LogP contribution in [0.25, 0.3) is 0 Å². The summed E-state index contributed by atoms with van der Waals surface area (Å²) in [5.74, 6) is 1.49. The van der Waals surface area contributed by atoms with Gasteiger partial charge in [0.05, 0.1) is 0 Å². The first kappa shape index (κ1) is 20.5. The topological polar surface area (TPSA) is 40.6 Å². The summed E-state index contributed by atoms with van der Waals surface area (Å²) in [6, 6.07) is 15.7. The van der Waals surface area contributed by atoms with Crippen molar-refractivity contribution in [3.63, 3.8) is 0 Å². The zero-order valence-electron chi connectivity index (χ0n) is 16.9. The molecular formula is C23H28N2O2S. The Balaban J connectivity index is 1.57. The van der Waals surface area contributed by atoms with Gasteiger partial charge in [-0.25, -0.2) is 0 Å². The maximum absolute atomic E-state index is 12.7. The first-order valence-corrected chi connectivity index (χ1v) is 11.2. The number of piperazine rings is 1. The van der Waals surface area contributed by atoms with E-state index in [-0.39, 0.29) is 11.8 Å². The molecule has 4 nitrogen and oxygen atoms in total. The van der Waals surface area contributed by atoms with Crippen molar-refractivity contribution >= 4 is 23.6 Å². The van der Waals surface area contributed by atoms with E-state index in [9.17, 15) is 9.59 Å². The predicted molar refractivity (Wildman–Crippen MR) is 116 cm³/mol. The lowest BCUT2D eigenvalue weighted by Gasteiger charge is -2.35. The molecule has 0 aliphatic carbocycles. The summed E-state index contributed by atoms with van der Waals surface area (Å²) in [5.41, 5.74) is 3.89. The number of hydrogen-bond acceptors (Lipinski definition) is 3. The van der Waals surface area contributed by atoms with E-state index in [4.69, 9.17) is 0 Å². The first-order valence-electron chi connectivity index (χ1n) is 9.76. The monoisotopic (exact) mass is 396 g/mol. The number of carbonyl (C=O) groups is 2. The second-order valence-corrected chi connectivity index (χ2v) is 8.36. The van der Waals surface area contributed by atoms with Crippen LogP contribution in [0.1, 0.15) is 51.6 Å². The van der Waals surface area contributed by atoms with Crippen molar-refractivity contribution in [2.24, 2.45) is 0 Å². The Labute approximate surface area is 171 Å². The molecule has 1 heterocycles. The molecule has 5 heteroatoms. The highest BCUT2D eigenvalue weighted by Crippen LogP contribution is 2.17. The molecule has 0 bridgehead atoms. The predicted octanol–water partition coefficient (Wildman–Crippen LogP) is 4.27. The van der Waals surface area contributed by atoms with Gasteiger partial charge in [-0.1, -0.05) is 38.1 Å². The summed E-state index contributed by atoms with van der Waals surface area (Å²) < 4.78 is 0. The molecule has 28 heavy (non-hydrogen) atoms. The number of hydrogen-bond donors (Lipinski definition) is 0. The number of amides is 2. The van der Waals surface area contributed by atoms with Crippen molar-refractivity contribution in [1.29, 1.82) is 0 Å². The van der Waals surface area contributed by atoms with E-state index in [1.54, 1.807) is 11.8 Å². The van der Waals surface area contributed by atoms with Crippen LogP contribution >= 0.6 is 11.8 Å². The van der Waals surface area contributed by atoms with Gasteiger partial charge in [-0.3, -0.25) is 9.59 Å². The Morgan fingerprint density at radius 1 is 0.821 bits per heavy atom. The van der Waals surface area contributed by atoms with Crippen LogP contribution in [0.5, 0.6) is 0 Å². The third-order valence-corrected chi connectivity index (χ3v) is 5.81. The number of thioether (sulfide) groups is 1. The third kappa shape index (κ3) is 4.76. The van der Waals surface area contributed by atoms with Crippen LogP contribution in [0.2, 0.25) is 0 Å². The molecule has 0 unspecified atom stereocenters. The Bertz CT molecular complexity index is 808. The summed E-state index contributed by atoms with van der Waals surface area (Å²) in [6.45, 7) is 6.57. The van der Waals surface area contributed by atoms with Gasteiger partial charge in [-0.15, -0.1) is 0 Å². The zero-order valence-corrected chi connectivity index (χ0v) is 17.7. The minimum Gasteiger partial charge on any atom is -0.335 e. The molecule has 148 valence electrons. The molecule has 0 N–H and O–H groups in total. The molecule has 1 fully saturated rings. The SMILES string of the molecule is CSCc1ccc(C(=O)N2CCN(C(=O)c3ccc(C(C)C)cc3)CC2)cc1. The lowest BCUT2D eigenvalue weighted by molar-refractivity contribution is 0.0535. The molecular weight excluding hydrogens is 368 g/mol. The molecule has 2 aromatic rings. The van der Waals surface area contributed by atoms with Gasteiger partial charge in [0.25, 0.3) is 11.8 Å². The van der Waals surface area contributed by atoms with E-state index >= 15 is 0 Å². The van der Waals surface area contributed by atoms with E-state index in [1.807, 2.05) is 58.3 Å². The molecule has 0 saturated carbocycles. The van der Waals surface area contributed by atoms with Crippen molar-refractivity contribution in [1.82, 2.24) is 9.80 Å². The number of nitrogens with zero attached hydrogens (tertiary/aromatic N) is 2. The summed E-state index contributed by atoms with van der Waals surface area (Å²) in [4.78, 5) is 29.2. The van der Waals surface area contributed by atoms with Crippen molar-refractivity contribution in [2.45, 2.75) is 25.5 Å². The molecule has 3 rings (SSSR count). The van der Waals surface area contributed by atoms with Gasteiger partial charge in [-0.05, 0) is 47.6 Å². The fourth-order valence-electron chi connectivity index (χ4n) is 3.40. The molecule has 0 aromatic heterocycles. The molecule has 2 aromatic carbocycles. The third-order valence-electron chi connectivity index (χ3n) is 5.19. The standard InChI is InChI=1S/C23H28N2O2S/c1-17(2)19-8-10-21(11-9-19)23(27)25-14-12-24(13-15-25)22(26)20-6-4-18(5-7-20)16-28-3/h4-11,17H,12-16H2,1-3H3. The summed E-state index contributed by atoms with van der Waals surface area (Å²) >= 11 is 1.77. The van der Waals surface area contributed by atoms with Gasteiger partial charge >= 0.3 is 0 Å². The Morgan fingerprint density at radius 2 is 1.25 bits per heavy atom. The summed E-state index contributed by atoms with van der Waals surface area (Å²) in [7, 11) is 0. The average molecular weight is 397 g/mol. The van der Waals surface area contributed by atoms with Crippen LogP contribution in [0.4, 0.5) is 0 Å². The van der Waals surface area contributed by atoms with E-state index in [0.29, 0.717) is 43.2 Å². The second kappa shape index (κ2) is 9.28. The zero-order chi connectivity index (χ0) is 20.1. The average Bonchev–Trinajstić information content (AvgIpc) is 2.74. The number of carbonyl (C=O) groups excluding carboxylic acids is 2. The van der Waals surface area contributed by atoms with Crippen molar-refractivity contribution < 1.29 is 9.59 Å². The molecule has 2 amide bonds. The van der Waals surface area contributed by atoms with E-state index in [1.165, 1.54) is 11.1 Å². The summed E-state index contributed by atoms with van der Waals surface area (Å²) in [5, 5.41) is 0. The van der Waals surface area contributed by atoms with Crippen LogP contribution in [-0.2, 0) is 5.75 Å². The molecule has 1 aliphatic heterocycles. The smallest absolute Gasteiger partial charge is 0.253 e. The molecule has 1 saturated heterocycles. The van der Waals surface area contributed by atoms with E-state index in [0.717, 1.165) is 5.75 Å². The van der Waals surface area contributed by atoms with Crippen LogP contribution in [-0.4, -0.2) is 54.0 Å². The number of rotatable bonds is 5. The maximum atomic E-state index is 12.7. The number of benzene rings is 2. The van der Waals surface area contributed by atoms with Crippen LogP contribution in [0, 0.1) is 0 Å². The minimum absolute atomic E-state index is 0.0452. The highest BCUT2D eigenvalue weighted by atomic mass is 32.2. The molecule has 0 radical (unpaired) electrons. The Hall–Kier alpha value is -2.27. The fourth-order valence-corrected chi connectivity index (χ4v) is 3.92. The van der Waals surface area contributed by atoms with Crippen molar-refractivity contribution in [2.75, 3.05) is 32.4 Å².